The first-order valence-electron chi connectivity index (χ1n) is 3.63. The van der Waals surface area contributed by atoms with Crippen LogP contribution in [0.15, 0.2) is 35.2 Å². The molecule has 1 rings (SSSR count). The first-order chi connectivity index (χ1) is 5.36. The number of hydrogen-bond acceptors (Lipinski definition) is 1. The van der Waals surface area contributed by atoms with Gasteiger partial charge in [-0.25, -0.2) is 0 Å². The second-order valence-electron chi connectivity index (χ2n) is 2.28. The third-order valence-corrected chi connectivity index (χ3v) is 2.18. The summed E-state index contributed by atoms with van der Waals surface area (Å²) in [5.74, 6) is 0. The number of benzene rings is 1. The van der Waals surface area contributed by atoms with E-state index in [4.69, 9.17) is 0 Å². The Hall–Kier alpha value is -0.690. The van der Waals surface area contributed by atoms with Crippen LogP contribution < -0.4 is 0 Å². The molecule has 0 saturated heterocycles. The van der Waals surface area contributed by atoms with E-state index in [-0.39, 0.29) is 0 Å². The molecular formula is C10H12S. The van der Waals surface area contributed by atoms with Gasteiger partial charge in [-0.05, 0) is 30.9 Å². The Bertz CT molecular complexity index is 251. The Morgan fingerprint density at radius 3 is 2.82 bits per heavy atom. The second-order valence-corrected chi connectivity index (χ2v) is 3.16. The van der Waals surface area contributed by atoms with Gasteiger partial charge in [-0.15, -0.1) is 11.8 Å². The summed E-state index contributed by atoms with van der Waals surface area (Å²) in [6.45, 7) is 2.03. The lowest BCUT2D eigenvalue weighted by Crippen LogP contribution is -1.72. The van der Waals surface area contributed by atoms with Crippen LogP contribution in [0.1, 0.15) is 12.5 Å². The fourth-order valence-corrected chi connectivity index (χ4v) is 1.41. The molecule has 0 aromatic heterocycles. The molecule has 0 fully saturated rings. The Balaban J connectivity index is 2.91. The highest BCUT2D eigenvalue weighted by atomic mass is 32.2. The molecule has 0 aliphatic rings. The summed E-state index contributed by atoms with van der Waals surface area (Å²) >= 11 is 1.77. The summed E-state index contributed by atoms with van der Waals surface area (Å²) in [6.07, 6.45) is 6.26. The SMILES string of the molecule is CC=Cc1cccc(SC)c1. The normalized spacial score (nSPS) is 10.7. The van der Waals surface area contributed by atoms with Gasteiger partial charge in [0.05, 0.1) is 0 Å². The first-order valence-corrected chi connectivity index (χ1v) is 4.86. The van der Waals surface area contributed by atoms with Gasteiger partial charge >= 0.3 is 0 Å². The van der Waals surface area contributed by atoms with E-state index in [1.807, 2.05) is 6.92 Å². The molecule has 0 heterocycles. The summed E-state index contributed by atoms with van der Waals surface area (Å²) in [5, 5.41) is 0. The van der Waals surface area contributed by atoms with Crippen LogP contribution in [0.4, 0.5) is 0 Å². The van der Waals surface area contributed by atoms with Gasteiger partial charge in [-0.2, -0.15) is 0 Å². The van der Waals surface area contributed by atoms with Crippen molar-refractivity contribution in [1.29, 1.82) is 0 Å². The maximum absolute atomic E-state index is 2.19. The van der Waals surface area contributed by atoms with Crippen molar-refractivity contribution in [2.75, 3.05) is 6.26 Å². The minimum absolute atomic E-state index is 1.28. The third kappa shape index (κ3) is 2.43. The van der Waals surface area contributed by atoms with E-state index in [0.717, 1.165) is 0 Å². The van der Waals surface area contributed by atoms with Crippen LogP contribution in [0, 0.1) is 0 Å². The predicted molar refractivity (Wildman–Crippen MR) is 52.9 cm³/mol. The molecule has 1 aromatic rings. The van der Waals surface area contributed by atoms with Crippen molar-refractivity contribution in [2.45, 2.75) is 11.8 Å². The van der Waals surface area contributed by atoms with Gasteiger partial charge in [-0.1, -0.05) is 24.3 Å². The molecule has 0 unspecified atom stereocenters. The Morgan fingerprint density at radius 1 is 1.36 bits per heavy atom. The van der Waals surface area contributed by atoms with Crippen molar-refractivity contribution in [1.82, 2.24) is 0 Å². The van der Waals surface area contributed by atoms with Gasteiger partial charge in [-0.3, -0.25) is 0 Å². The quantitative estimate of drug-likeness (QED) is 0.603. The number of rotatable bonds is 2. The van der Waals surface area contributed by atoms with Gasteiger partial charge in [0.25, 0.3) is 0 Å². The van der Waals surface area contributed by atoms with E-state index < -0.39 is 0 Å². The highest BCUT2D eigenvalue weighted by Crippen LogP contribution is 2.16. The fraction of sp³-hybridized carbons (Fsp3) is 0.200. The highest BCUT2D eigenvalue weighted by Gasteiger charge is 1.88. The average Bonchev–Trinajstić information content (AvgIpc) is 2.06. The molecule has 0 saturated carbocycles. The largest absolute Gasteiger partial charge is 0.130 e. The van der Waals surface area contributed by atoms with Crippen LogP contribution in [-0.4, -0.2) is 6.26 Å². The molecule has 0 radical (unpaired) electrons. The van der Waals surface area contributed by atoms with E-state index in [0.29, 0.717) is 0 Å². The number of allylic oxidation sites excluding steroid dienone is 1. The van der Waals surface area contributed by atoms with Crippen molar-refractivity contribution in [3.63, 3.8) is 0 Å². The number of thioether (sulfide) groups is 1. The first kappa shape index (κ1) is 8.41. The summed E-state index contributed by atoms with van der Waals surface area (Å²) in [4.78, 5) is 1.32. The molecule has 0 aliphatic heterocycles. The molecule has 1 heteroatoms. The topological polar surface area (TPSA) is 0 Å². The van der Waals surface area contributed by atoms with Gasteiger partial charge in [0.15, 0.2) is 0 Å². The Morgan fingerprint density at radius 2 is 2.18 bits per heavy atom. The van der Waals surface area contributed by atoms with E-state index in [1.54, 1.807) is 11.8 Å². The molecule has 0 aliphatic carbocycles. The van der Waals surface area contributed by atoms with E-state index in [2.05, 4.69) is 42.7 Å². The standard InChI is InChI=1S/C10H12S/c1-3-5-9-6-4-7-10(8-9)11-2/h3-8H,1-2H3. The molecule has 0 spiro atoms. The smallest absolute Gasteiger partial charge is 0.00750 e. The van der Waals surface area contributed by atoms with Gasteiger partial charge in [0, 0.05) is 4.90 Å². The van der Waals surface area contributed by atoms with Crippen LogP contribution in [0.5, 0.6) is 0 Å². The molecule has 0 amide bonds. The minimum atomic E-state index is 1.28. The second kappa shape index (κ2) is 4.24. The van der Waals surface area contributed by atoms with Crippen molar-refractivity contribution in [3.8, 4) is 0 Å². The summed E-state index contributed by atoms with van der Waals surface area (Å²) in [7, 11) is 0. The van der Waals surface area contributed by atoms with Crippen LogP contribution in [0.3, 0.4) is 0 Å². The lowest BCUT2D eigenvalue weighted by Gasteiger charge is -1.96. The van der Waals surface area contributed by atoms with Gasteiger partial charge < -0.3 is 0 Å². The highest BCUT2D eigenvalue weighted by molar-refractivity contribution is 7.98. The third-order valence-electron chi connectivity index (χ3n) is 1.45. The maximum Gasteiger partial charge on any atom is 0.00750 e. The zero-order valence-corrected chi connectivity index (χ0v) is 7.69. The molecular weight excluding hydrogens is 152 g/mol. The lowest BCUT2D eigenvalue weighted by atomic mass is 10.2. The average molecular weight is 164 g/mol. The van der Waals surface area contributed by atoms with Crippen molar-refractivity contribution < 1.29 is 0 Å². The molecule has 11 heavy (non-hydrogen) atoms. The van der Waals surface area contributed by atoms with Gasteiger partial charge in [0.2, 0.25) is 0 Å². The lowest BCUT2D eigenvalue weighted by molar-refractivity contribution is 1.45. The molecule has 0 bridgehead atoms. The Kier molecular flexibility index (Phi) is 3.24. The molecule has 1 aromatic carbocycles. The van der Waals surface area contributed by atoms with Crippen molar-refractivity contribution >= 4 is 17.8 Å². The van der Waals surface area contributed by atoms with Crippen LogP contribution >= 0.6 is 11.8 Å². The predicted octanol–water partition coefficient (Wildman–Crippen LogP) is 3.44. The number of hydrogen-bond donors (Lipinski definition) is 0. The molecule has 0 nitrogen and oxygen atoms in total. The molecule has 0 atom stereocenters. The zero-order chi connectivity index (χ0) is 8.10. The monoisotopic (exact) mass is 164 g/mol. The fourth-order valence-electron chi connectivity index (χ4n) is 0.938. The van der Waals surface area contributed by atoms with Crippen molar-refractivity contribution in [2.24, 2.45) is 0 Å². The van der Waals surface area contributed by atoms with E-state index >= 15 is 0 Å². The van der Waals surface area contributed by atoms with E-state index in [9.17, 15) is 0 Å². The van der Waals surface area contributed by atoms with E-state index in [1.165, 1.54) is 10.5 Å². The van der Waals surface area contributed by atoms with Crippen LogP contribution in [0.25, 0.3) is 6.08 Å². The molecule has 58 valence electrons. The summed E-state index contributed by atoms with van der Waals surface area (Å²) in [5.41, 5.74) is 1.28. The van der Waals surface area contributed by atoms with Crippen molar-refractivity contribution in [3.05, 3.63) is 35.9 Å². The Labute approximate surface area is 72.3 Å². The zero-order valence-electron chi connectivity index (χ0n) is 6.87. The summed E-state index contributed by atoms with van der Waals surface area (Å²) in [6, 6.07) is 8.50. The van der Waals surface area contributed by atoms with Crippen LogP contribution in [-0.2, 0) is 0 Å². The minimum Gasteiger partial charge on any atom is -0.130 e. The molecule has 0 N–H and O–H groups in total. The van der Waals surface area contributed by atoms with Crippen LogP contribution in [0.2, 0.25) is 0 Å². The van der Waals surface area contributed by atoms with Gasteiger partial charge in [0.1, 0.15) is 0 Å². The maximum atomic E-state index is 2.19. The summed E-state index contributed by atoms with van der Waals surface area (Å²) < 4.78 is 0.